The molecule has 0 spiro atoms. The van der Waals surface area contributed by atoms with E-state index in [1.807, 2.05) is 0 Å². The highest BCUT2D eigenvalue weighted by molar-refractivity contribution is 8.13. The Morgan fingerprint density at radius 2 is 1.79 bits per heavy atom. The Balaban J connectivity index is 3.23. The Bertz CT molecular complexity index is 595. The summed E-state index contributed by atoms with van der Waals surface area (Å²) in [6, 6.07) is 2.58. The Labute approximate surface area is 122 Å². The summed E-state index contributed by atoms with van der Waals surface area (Å²) in [5.41, 5.74) is 0.350. The molecule has 0 fully saturated rings. The van der Waals surface area contributed by atoms with E-state index in [-0.39, 0.29) is 15.8 Å². The van der Waals surface area contributed by atoms with Crippen LogP contribution in [0.4, 0.5) is 5.69 Å². The maximum atomic E-state index is 11.9. The van der Waals surface area contributed by atoms with Crippen molar-refractivity contribution < 1.29 is 13.2 Å². The Morgan fingerprint density at radius 1 is 1.26 bits per heavy atom. The van der Waals surface area contributed by atoms with Crippen LogP contribution in [0.15, 0.2) is 17.0 Å². The number of hydrogen-bond donors (Lipinski definition) is 1. The minimum absolute atomic E-state index is 0.0922. The highest BCUT2D eigenvalue weighted by Gasteiger charge is 2.23. The molecule has 4 nitrogen and oxygen atoms in total. The zero-order valence-electron chi connectivity index (χ0n) is 11.0. The molecule has 0 bridgehead atoms. The molecule has 0 unspecified atom stereocenters. The average molecular weight is 324 g/mol. The molecule has 0 aliphatic rings. The van der Waals surface area contributed by atoms with Gasteiger partial charge in [0.2, 0.25) is 5.91 Å². The number of benzene rings is 1. The lowest BCUT2D eigenvalue weighted by Gasteiger charge is -2.19. The van der Waals surface area contributed by atoms with Gasteiger partial charge in [-0.15, -0.1) is 0 Å². The van der Waals surface area contributed by atoms with Gasteiger partial charge in [0.05, 0.1) is 15.6 Å². The summed E-state index contributed by atoms with van der Waals surface area (Å²) in [5, 5.41) is 2.82. The third-order valence-electron chi connectivity index (χ3n) is 2.46. The van der Waals surface area contributed by atoms with Crippen LogP contribution in [0.1, 0.15) is 26.3 Å². The quantitative estimate of drug-likeness (QED) is 0.846. The summed E-state index contributed by atoms with van der Waals surface area (Å²) in [7, 11) is 1.41. The van der Waals surface area contributed by atoms with Crippen molar-refractivity contribution in [2.45, 2.75) is 32.6 Å². The van der Waals surface area contributed by atoms with Gasteiger partial charge in [-0.1, -0.05) is 32.4 Å². The zero-order valence-corrected chi connectivity index (χ0v) is 13.4. The van der Waals surface area contributed by atoms with Crippen LogP contribution in [0.5, 0.6) is 0 Å². The Kier molecular flexibility index (Phi) is 4.55. The van der Waals surface area contributed by atoms with E-state index in [9.17, 15) is 13.2 Å². The van der Waals surface area contributed by atoms with Crippen molar-refractivity contribution in [2.75, 3.05) is 5.32 Å². The molecule has 0 heterocycles. The molecule has 1 N–H and O–H groups in total. The van der Waals surface area contributed by atoms with E-state index in [4.69, 9.17) is 22.3 Å². The van der Waals surface area contributed by atoms with Gasteiger partial charge in [-0.25, -0.2) is 8.42 Å². The molecule has 1 aromatic carbocycles. The first-order valence-corrected chi connectivity index (χ1v) is 8.18. The topological polar surface area (TPSA) is 63.2 Å². The molecule has 0 saturated heterocycles. The molecule has 7 heteroatoms. The zero-order chi connectivity index (χ0) is 15.0. The van der Waals surface area contributed by atoms with E-state index in [2.05, 4.69) is 5.32 Å². The van der Waals surface area contributed by atoms with Crippen LogP contribution in [-0.2, 0) is 13.8 Å². The van der Waals surface area contributed by atoms with Gasteiger partial charge in [0.1, 0.15) is 0 Å². The van der Waals surface area contributed by atoms with Crippen molar-refractivity contribution in [1.82, 2.24) is 0 Å². The molecule has 0 radical (unpaired) electrons. The van der Waals surface area contributed by atoms with Crippen LogP contribution in [0.2, 0.25) is 5.02 Å². The smallest absolute Gasteiger partial charge is 0.261 e. The first-order chi connectivity index (χ1) is 8.43. The van der Waals surface area contributed by atoms with E-state index in [0.29, 0.717) is 11.3 Å². The fourth-order valence-electron chi connectivity index (χ4n) is 1.31. The molecule has 0 aliphatic heterocycles. The number of rotatable bonds is 2. The second-order valence-corrected chi connectivity index (χ2v) is 8.21. The first kappa shape index (κ1) is 16.3. The Hall–Kier alpha value is -0.780. The third-order valence-corrected chi connectivity index (χ3v) is 4.09. The van der Waals surface area contributed by atoms with E-state index >= 15 is 0 Å². The third kappa shape index (κ3) is 4.09. The minimum atomic E-state index is -3.85. The van der Waals surface area contributed by atoms with Crippen molar-refractivity contribution >= 4 is 42.9 Å². The lowest BCUT2D eigenvalue weighted by atomic mass is 9.95. The first-order valence-electron chi connectivity index (χ1n) is 5.49. The number of hydrogen-bond acceptors (Lipinski definition) is 3. The standard InChI is InChI=1S/C12H15Cl2NO3S/c1-7-5-8(19(14,17)18)6-9(13)10(7)15-11(16)12(2,3)4/h5-6H,1-4H3,(H,15,16). The van der Waals surface area contributed by atoms with E-state index in [1.165, 1.54) is 12.1 Å². The molecule has 0 aromatic heterocycles. The summed E-state index contributed by atoms with van der Waals surface area (Å²) in [5.74, 6) is -0.209. The number of carbonyl (C=O) groups is 1. The summed E-state index contributed by atoms with van der Waals surface area (Å²) < 4.78 is 22.5. The second-order valence-electron chi connectivity index (χ2n) is 5.24. The maximum Gasteiger partial charge on any atom is 0.261 e. The van der Waals surface area contributed by atoms with Gasteiger partial charge >= 0.3 is 0 Å². The van der Waals surface area contributed by atoms with E-state index in [1.54, 1.807) is 27.7 Å². The average Bonchev–Trinajstić information content (AvgIpc) is 2.19. The molecule has 0 aliphatic carbocycles. The van der Waals surface area contributed by atoms with Crippen molar-refractivity contribution in [3.8, 4) is 0 Å². The van der Waals surface area contributed by atoms with Crippen LogP contribution >= 0.6 is 22.3 Å². The van der Waals surface area contributed by atoms with Crippen molar-refractivity contribution in [1.29, 1.82) is 0 Å². The molecule has 19 heavy (non-hydrogen) atoms. The normalized spacial score (nSPS) is 12.3. The second kappa shape index (κ2) is 5.31. The fraction of sp³-hybridized carbons (Fsp3) is 0.417. The molecule has 1 amide bonds. The summed E-state index contributed by atoms with van der Waals surface area (Å²) >= 11 is 6.00. The van der Waals surface area contributed by atoms with Gasteiger partial charge < -0.3 is 5.32 Å². The molecule has 0 atom stereocenters. The summed E-state index contributed by atoms with van der Waals surface area (Å²) in [6.07, 6.45) is 0. The predicted octanol–water partition coefficient (Wildman–Crippen LogP) is 3.56. The van der Waals surface area contributed by atoms with Gasteiger partial charge in [-0.05, 0) is 24.6 Å². The number of aryl methyl sites for hydroxylation is 1. The summed E-state index contributed by atoms with van der Waals surface area (Å²) in [6.45, 7) is 6.95. The number of halogens is 2. The van der Waals surface area contributed by atoms with Crippen molar-refractivity contribution in [3.05, 3.63) is 22.7 Å². The van der Waals surface area contributed by atoms with Gasteiger partial charge in [0, 0.05) is 16.1 Å². The largest absolute Gasteiger partial charge is 0.324 e. The maximum absolute atomic E-state index is 11.9. The van der Waals surface area contributed by atoms with Crippen LogP contribution in [0.25, 0.3) is 0 Å². The molecule has 1 rings (SSSR count). The molecule has 106 valence electrons. The SMILES string of the molecule is Cc1cc(S(=O)(=O)Cl)cc(Cl)c1NC(=O)C(C)(C)C. The summed E-state index contributed by atoms with van der Waals surface area (Å²) in [4.78, 5) is 11.8. The highest BCUT2D eigenvalue weighted by atomic mass is 35.7. The van der Waals surface area contributed by atoms with Crippen molar-refractivity contribution in [3.63, 3.8) is 0 Å². The number of anilines is 1. The molecule has 0 saturated carbocycles. The molecular weight excluding hydrogens is 309 g/mol. The molecular formula is C12H15Cl2NO3S. The van der Waals surface area contributed by atoms with Gasteiger partial charge in [0.15, 0.2) is 0 Å². The monoisotopic (exact) mass is 323 g/mol. The van der Waals surface area contributed by atoms with Gasteiger partial charge in [-0.2, -0.15) is 0 Å². The number of carbonyl (C=O) groups excluding carboxylic acids is 1. The van der Waals surface area contributed by atoms with Crippen LogP contribution < -0.4 is 5.32 Å². The van der Waals surface area contributed by atoms with Crippen LogP contribution in [0.3, 0.4) is 0 Å². The van der Waals surface area contributed by atoms with E-state index in [0.717, 1.165) is 0 Å². The predicted molar refractivity (Wildman–Crippen MR) is 77.3 cm³/mol. The van der Waals surface area contributed by atoms with E-state index < -0.39 is 14.5 Å². The Morgan fingerprint density at radius 3 is 2.16 bits per heavy atom. The van der Waals surface area contributed by atoms with Gasteiger partial charge in [0.25, 0.3) is 9.05 Å². The number of amides is 1. The van der Waals surface area contributed by atoms with Crippen LogP contribution in [0, 0.1) is 12.3 Å². The van der Waals surface area contributed by atoms with Gasteiger partial charge in [-0.3, -0.25) is 4.79 Å². The highest BCUT2D eigenvalue weighted by Crippen LogP contribution is 2.31. The number of nitrogens with one attached hydrogen (secondary N) is 1. The molecule has 1 aromatic rings. The van der Waals surface area contributed by atoms with Crippen molar-refractivity contribution in [2.24, 2.45) is 5.41 Å². The minimum Gasteiger partial charge on any atom is -0.324 e. The van der Waals surface area contributed by atoms with Crippen LogP contribution in [-0.4, -0.2) is 14.3 Å². The lowest BCUT2D eigenvalue weighted by Crippen LogP contribution is -2.28. The lowest BCUT2D eigenvalue weighted by molar-refractivity contribution is -0.123. The fourth-order valence-corrected chi connectivity index (χ4v) is 2.53.